The van der Waals surface area contributed by atoms with Gasteiger partial charge in [0.1, 0.15) is 6.04 Å². The summed E-state index contributed by atoms with van der Waals surface area (Å²) in [6.45, 7) is 5.96. The van der Waals surface area contributed by atoms with E-state index in [0.717, 1.165) is 5.56 Å². The molecule has 190 valence electrons. The Kier molecular flexibility index (Phi) is 9.65. The molecule has 4 N–H and O–H groups in total. The lowest BCUT2D eigenvalue weighted by molar-refractivity contribution is -0.141. The van der Waals surface area contributed by atoms with Crippen LogP contribution in [0.2, 0.25) is 0 Å². The number of methoxy groups -OCH3 is 2. The van der Waals surface area contributed by atoms with E-state index in [1.165, 1.54) is 14.2 Å². The number of hydrogen-bond acceptors (Lipinski definition) is 8. The molecule has 0 aliphatic rings. The minimum Gasteiger partial charge on any atom is -0.504 e. The average Bonchev–Trinajstić information content (AvgIpc) is 2.82. The maximum Gasteiger partial charge on any atom is 0.327 e. The van der Waals surface area contributed by atoms with Crippen LogP contribution >= 0.6 is 0 Å². The number of carboxylic acid groups (broad SMARTS) is 1. The molecule has 2 atom stereocenters. The molecule has 2 aromatic rings. The first kappa shape index (κ1) is 27.7. The topological polar surface area (TPSA) is 134 Å². The van der Waals surface area contributed by atoms with E-state index in [0.29, 0.717) is 24.4 Å². The summed E-state index contributed by atoms with van der Waals surface area (Å²) in [4.78, 5) is 36.6. The second kappa shape index (κ2) is 12.2. The number of phenols is 1. The van der Waals surface area contributed by atoms with Crippen LogP contribution in [0, 0.1) is 0 Å². The number of ketones is 1. The van der Waals surface area contributed by atoms with Crippen LogP contribution in [0.25, 0.3) is 0 Å². The number of benzene rings is 2. The summed E-state index contributed by atoms with van der Waals surface area (Å²) in [5.41, 5.74) is 1.20. The van der Waals surface area contributed by atoms with Gasteiger partial charge in [-0.1, -0.05) is 32.0 Å². The number of ether oxygens (including phenoxy) is 2. The fourth-order valence-electron chi connectivity index (χ4n) is 3.73. The molecule has 0 heterocycles. The fraction of sp³-hybridized carbons (Fsp3) is 0.423. The molecule has 2 rings (SSSR count). The third-order valence-corrected chi connectivity index (χ3v) is 5.92. The smallest absolute Gasteiger partial charge is 0.327 e. The summed E-state index contributed by atoms with van der Waals surface area (Å²) in [5, 5.41) is 25.6. The molecule has 9 heteroatoms. The van der Waals surface area contributed by atoms with Crippen LogP contribution in [0.3, 0.4) is 0 Å². The largest absolute Gasteiger partial charge is 0.504 e. The molecular weight excluding hydrogens is 452 g/mol. The maximum absolute atomic E-state index is 13.3. The van der Waals surface area contributed by atoms with E-state index in [-0.39, 0.29) is 16.7 Å². The number of para-hydroxylation sites is 1. The molecule has 9 nitrogen and oxygen atoms in total. The molecule has 0 fully saturated rings. The number of hydrogen-bond donors (Lipinski definition) is 4. The Morgan fingerprint density at radius 2 is 1.77 bits per heavy atom. The van der Waals surface area contributed by atoms with Gasteiger partial charge in [0.25, 0.3) is 0 Å². The number of nitrogens with one attached hydrogen (secondary N) is 2. The minimum atomic E-state index is -1.11. The van der Waals surface area contributed by atoms with Crippen LogP contribution in [-0.2, 0) is 19.7 Å². The monoisotopic (exact) mass is 486 g/mol. The highest BCUT2D eigenvalue weighted by Crippen LogP contribution is 2.34. The summed E-state index contributed by atoms with van der Waals surface area (Å²) in [7, 11) is 2.76. The van der Waals surface area contributed by atoms with Gasteiger partial charge >= 0.3 is 11.9 Å². The van der Waals surface area contributed by atoms with E-state index >= 15 is 0 Å². The van der Waals surface area contributed by atoms with E-state index in [4.69, 9.17) is 9.47 Å². The highest BCUT2D eigenvalue weighted by Gasteiger charge is 2.27. The van der Waals surface area contributed by atoms with E-state index in [1.807, 2.05) is 19.9 Å². The van der Waals surface area contributed by atoms with Crippen molar-refractivity contribution in [2.75, 3.05) is 26.1 Å². The van der Waals surface area contributed by atoms with Crippen molar-refractivity contribution in [3.8, 4) is 11.5 Å². The van der Waals surface area contributed by atoms with Crippen molar-refractivity contribution in [1.29, 1.82) is 0 Å². The highest BCUT2D eigenvalue weighted by molar-refractivity contribution is 6.06. The number of aromatic hydroxyl groups is 1. The third-order valence-electron chi connectivity index (χ3n) is 5.92. The lowest BCUT2D eigenvalue weighted by atomic mass is 9.81. The predicted molar refractivity (Wildman–Crippen MR) is 132 cm³/mol. The first-order chi connectivity index (χ1) is 16.5. The summed E-state index contributed by atoms with van der Waals surface area (Å²) >= 11 is 0. The van der Waals surface area contributed by atoms with Gasteiger partial charge in [0.15, 0.2) is 17.3 Å². The SMILES string of the molecule is COC(=O)C(C)Nc1ccccc1C(=O)[C@H](CC(=O)O)NCCC(C)(C)c1ccc(OC)c(O)c1. The Hall–Kier alpha value is -3.59. The van der Waals surface area contributed by atoms with E-state index in [9.17, 15) is 24.6 Å². The van der Waals surface area contributed by atoms with Crippen LogP contribution < -0.4 is 15.4 Å². The molecule has 0 aromatic heterocycles. The Labute approximate surface area is 205 Å². The molecule has 2 aromatic carbocycles. The minimum absolute atomic E-state index is 0.0373. The quantitative estimate of drug-likeness (QED) is 0.248. The first-order valence-corrected chi connectivity index (χ1v) is 11.3. The molecule has 0 bridgehead atoms. The van der Waals surface area contributed by atoms with Crippen molar-refractivity contribution < 1.29 is 34.1 Å². The molecule has 0 spiro atoms. The number of rotatable bonds is 13. The number of aliphatic carboxylic acids is 1. The molecule has 0 aliphatic heterocycles. The first-order valence-electron chi connectivity index (χ1n) is 11.3. The molecule has 1 unspecified atom stereocenters. The van der Waals surface area contributed by atoms with Crippen LogP contribution in [0.5, 0.6) is 11.5 Å². The van der Waals surface area contributed by atoms with Crippen molar-refractivity contribution in [3.05, 3.63) is 53.6 Å². The molecule has 0 saturated carbocycles. The zero-order valence-electron chi connectivity index (χ0n) is 20.8. The van der Waals surface area contributed by atoms with Gasteiger partial charge in [-0.25, -0.2) is 4.79 Å². The average molecular weight is 487 g/mol. The normalized spacial score (nSPS) is 12.9. The number of esters is 1. The lowest BCUT2D eigenvalue weighted by Crippen LogP contribution is -2.41. The van der Waals surface area contributed by atoms with Crippen molar-refractivity contribution in [3.63, 3.8) is 0 Å². The van der Waals surface area contributed by atoms with Crippen molar-refractivity contribution in [1.82, 2.24) is 5.32 Å². The number of Topliss-reactive ketones (excluding diaryl/α,β-unsaturated/α-hetero) is 1. The number of carboxylic acids is 1. The molecule has 0 radical (unpaired) electrons. The zero-order chi connectivity index (χ0) is 26.2. The number of carbonyl (C=O) groups is 3. The van der Waals surface area contributed by atoms with Crippen molar-refractivity contribution in [2.45, 2.75) is 51.1 Å². The van der Waals surface area contributed by atoms with Gasteiger partial charge in [-0.05, 0) is 55.1 Å². The molecular formula is C26H34N2O7. The van der Waals surface area contributed by atoms with Crippen LogP contribution in [0.15, 0.2) is 42.5 Å². The van der Waals surface area contributed by atoms with E-state index in [2.05, 4.69) is 10.6 Å². The van der Waals surface area contributed by atoms with Gasteiger partial charge in [0.2, 0.25) is 0 Å². The number of carbonyl (C=O) groups excluding carboxylic acids is 2. The summed E-state index contributed by atoms with van der Waals surface area (Å²) in [6.07, 6.45) is 0.172. The second-order valence-corrected chi connectivity index (χ2v) is 8.92. The third kappa shape index (κ3) is 7.45. The van der Waals surface area contributed by atoms with Gasteiger partial charge in [-0.2, -0.15) is 0 Å². The van der Waals surface area contributed by atoms with Crippen LogP contribution in [0.1, 0.15) is 49.5 Å². The van der Waals surface area contributed by atoms with Gasteiger partial charge in [0, 0.05) is 11.3 Å². The Morgan fingerprint density at radius 3 is 2.37 bits per heavy atom. The maximum atomic E-state index is 13.3. The summed E-state index contributed by atoms with van der Waals surface area (Å²) < 4.78 is 9.82. The summed E-state index contributed by atoms with van der Waals surface area (Å²) in [5.74, 6) is -1.57. The van der Waals surface area contributed by atoms with Gasteiger partial charge in [-0.3, -0.25) is 9.59 Å². The molecule has 0 aliphatic carbocycles. The molecule has 35 heavy (non-hydrogen) atoms. The van der Waals surface area contributed by atoms with E-state index < -0.39 is 36.2 Å². The number of phenolic OH excluding ortho intramolecular Hbond substituents is 1. The number of anilines is 1. The van der Waals surface area contributed by atoms with Gasteiger partial charge < -0.3 is 30.3 Å². The Bertz CT molecular complexity index is 1050. The second-order valence-electron chi connectivity index (χ2n) is 8.92. The van der Waals surface area contributed by atoms with Gasteiger partial charge in [-0.15, -0.1) is 0 Å². The summed E-state index contributed by atoms with van der Waals surface area (Å²) in [6, 6.07) is 10.2. The Morgan fingerprint density at radius 1 is 1.09 bits per heavy atom. The molecule has 0 saturated heterocycles. The zero-order valence-corrected chi connectivity index (χ0v) is 20.8. The predicted octanol–water partition coefficient (Wildman–Crippen LogP) is 3.36. The standard InChI is InChI=1S/C26H34N2O7/c1-16(25(33)35-5)28-19-9-7-6-8-18(19)24(32)20(15-23(30)31)27-13-12-26(2,3)17-10-11-22(34-4)21(29)14-17/h6-11,14,16,20,27-29H,12-13,15H2,1-5H3,(H,30,31)/t16?,20-/m0/s1. The van der Waals surface area contributed by atoms with Crippen LogP contribution in [0.4, 0.5) is 5.69 Å². The van der Waals surface area contributed by atoms with Crippen molar-refractivity contribution >= 4 is 23.4 Å². The van der Waals surface area contributed by atoms with E-state index in [1.54, 1.807) is 43.3 Å². The highest BCUT2D eigenvalue weighted by atomic mass is 16.5. The molecule has 0 amide bonds. The lowest BCUT2D eigenvalue weighted by Gasteiger charge is -2.27. The van der Waals surface area contributed by atoms with Crippen molar-refractivity contribution in [2.24, 2.45) is 0 Å². The van der Waals surface area contributed by atoms with Gasteiger partial charge in [0.05, 0.1) is 26.7 Å². The Balaban J connectivity index is 2.17. The fourth-order valence-corrected chi connectivity index (χ4v) is 3.73. The van der Waals surface area contributed by atoms with Crippen LogP contribution in [-0.4, -0.2) is 60.8 Å².